The van der Waals surface area contributed by atoms with E-state index in [9.17, 15) is 4.79 Å². The SMILES string of the molecule is COC(=O)Cn1nnnc1SCCc1cnn(C)c1. The molecule has 0 aliphatic heterocycles. The summed E-state index contributed by atoms with van der Waals surface area (Å²) < 4.78 is 7.77. The molecule has 0 atom stereocenters. The van der Waals surface area contributed by atoms with Gasteiger partial charge in [-0.2, -0.15) is 5.10 Å². The highest BCUT2D eigenvalue weighted by atomic mass is 32.2. The molecule has 2 heterocycles. The Morgan fingerprint density at radius 3 is 3.05 bits per heavy atom. The Bertz CT molecular complexity index is 552. The fraction of sp³-hybridized carbons (Fsp3) is 0.500. The number of esters is 1. The minimum absolute atomic E-state index is 0.0265. The molecule has 19 heavy (non-hydrogen) atoms. The number of carbonyl (C=O) groups is 1. The Hall–Kier alpha value is -1.90. The second kappa shape index (κ2) is 6.32. The lowest BCUT2D eigenvalue weighted by Gasteiger charge is -2.02. The summed E-state index contributed by atoms with van der Waals surface area (Å²) in [5.41, 5.74) is 1.15. The molecular formula is C10H14N6O2S. The van der Waals surface area contributed by atoms with Gasteiger partial charge < -0.3 is 4.74 Å². The normalized spacial score (nSPS) is 10.6. The number of hydrogen-bond donors (Lipinski definition) is 0. The standard InChI is InChI=1S/C10H14N6O2S/c1-15-6-8(5-11-15)3-4-19-10-12-13-14-16(10)7-9(17)18-2/h5-6H,3-4,7H2,1-2H3. The highest BCUT2D eigenvalue weighted by Crippen LogP contribution is 2.15. The first-order chi connectivity index (χ1) is 9.19. The number of nitrogens with zero attached hydrogens (tertiary/aromatic N) is 6. The van der Waals surface area contributed by atoms with Gasteiger partial charge in [0, 0.05) is 19.0 Å². The summed E-state index contributed by atoms with van der Waals surface area (Å²) in [5, 5.41) is 15.9. The van der Waals surface area contributed by atoms with Crippen LogP contribution in [0.4, 0.5) is 0 Å². The fourth-order valence-electron chi connectivity index (χ4n) is 1.45. The first-order valence-corrected chi connectivity index (χ1v) is 6.61. The van der Waals surface area contributed by atoms with Crippen LogP contribution in [-0.4, -0.2) is 48.8 Å². The molecule has 0 N–H and O–H groups in total. The van der Waals surface area contributed by atoms with Crippen LogP contribution in [0.2, 0.25) is 0 Å². The molecular weight excluding hydrogens is 268 g/mol. The summed E-state index contributed by atoms with van der Waals surface area (Å²) in [6.45, 7) is 0.0265. The van der Waals surface area contributed by atoms with Crippen molar-refractivity contribution in [1.82, 2.24) is 30.0 Å². The van der Waals surface area contributed by atoms with Gasteiger partial charge in [-0.3, -0.25) is 9.48 Å². The molecule has 102 valence electrons. The summed E-state index contributed by atoms with van der Waals surface area (Å²) in [5.74, 6) is 0.439. The minimum Gasteiger partial charge on any atom is -0.468 e. The average molecular weight is 282 g/mol. The van der Waals surface area contributed by atoms with Crippen LogP contribution in [0.1, 0.15) is 5.56 Å². The predicted octanol–water partition coefficient (Wildman–Crippen LogP) is -0.0856. The van der Waals surface area contributed by atoms with Crippen LogP contribution < -0.4 is 0 Å². The third-order valence-electron chi connectivity index (χ3n) is 2.39. The zero-order chi connectivity index (χ0) is 13.7. The molecule has 0 saturated heterocycles. The van der Waals surface area contributed by atoms with Crippen LogP contribution in [0.15, 0.2) is 17.6 Å². The number of carbonyl (C=O) groups excluding carboxylic acids is 1. The van der Waals surface area contributed by atoms with Gasteiger partial charge in [0.2, 0.25) is 5.16 Å². The lowest BCUT2D eigenvalue weighted by molar-refractivity contribution is -0.141. The highest BCUT2D eigenvalue weighted by molar-refractivity contribution is 7.99. The molecule has 0 saturated carbocycles. The van der Waals surface area contributed by atoms with E-state index in [0.29, 0.717) is 5.16 Å². The zero-order valence-corrected chi connectivity index (χ0v) is 11.5. The molecule has 0 aliphatic carbocycles. The Kier molecular flexibility index (Phi) is 4.50. The van der Waals surface area contributed by atoms with E-state index in [-0.39, 0.29) is 12.5 Å². The molecule has 0 amide bonds. The molecule has 0 aromatic carbocycles. The number of tetrazole rings is 1. The lowest BCUT2D eigenvalue weighted by atomic mass is 10.3. The Balaban J connectivity index is 1.86. The van der Waals surface area contributed by atoms with Gasteiger partial charge in [-0.1, -0.05) is 11.8 Å². The molecule has 0 radical (unpaired) electrons. The molecule has 2 aromatic rings. The monoisotopic (exact) mass is 282 g/mol. The summed E-state index contributed by atoms with van der Waals surface area (Å²) in [4.78, 5) is 11.2. The third-order valence-corrected chi connectivity index (χ3v) is 3.34. The van der Waals surface area contributed by atoms with Crippen LogP contribution in [0.5, 0.6) is 0 Å². The molecule has 9 heteroatoms. The van der Waals surface area contributed by atoms with E-state index >= 15 is 0 Å². The van der Waals surface area contributed by atoms with Crippen LogP contribution in [0, 0.1) is 0 Å². The molecule has 0 spiro atoms. The van der Waals surface area contributed by atoms with Crippen molar-refractivity contribution in [2.24, 2.45) is 7.05 Å². The average Bonchev–Trinajstić information content (AvgIpc) is 2.99. The fourth-order valence-corrected chi connectivity index (χ4v) is 2.31. The van der Waals surface area contributed by atoms with E-state index in [1.807, 2.05) is 19.4 Å². The van der Waals surface area contributed by atoms with E-state index in [2.05, 4.69) is 25.4 Å². The van der Waals surface area contributed by atoms with Gasteiger partial charge in [-0.15, -0.1) is 5.10 Å². The summed E-state index contributed by atoms with van der Waals surface area (Å²) in [7, 11) is 3.22. The van der Waals surface area contributed by atoms with Crippen molar-refractivity contribution in [2.45, 2.75) is 18.1 Å². The number of aromatic nitrogens is 6. The van der Waals surface area contributed by atoms with Crippen molar-refractivity contribution in [1.29, 1.82) is 0 Å². The molecule has 8 nitrogen and oxygen atoms in total. The van der Waals surface area contributed by atoms with Crippen LogP contribution in [0.3, 0.4) is 0 Å². The molecule has 0 fully saturated rings. The minimum atomic E-state index is -0.374. The van der Waals surface area contributed by atoms with E-state index in [4.69, 9.17) is 0 Å². The van der Waals surface area contributed by atoms with E-state index < -0.39 is 0 Å². The van der Waals surface area contributed by atoms with Gasteiger partial charge >= 0.3 is 5.97 Å². The van der Waals surface area contributed by atoms with E-state index in [0.717, 1.165) is 17.7 Å². The molecule has 0 aliphatic rings. The maximum absolute atomic E-state index is 11.2. The van der Waals surface area contributed by atoms with Crippen LogP contribution in [0.25, 0.3) is 0 Å². The summed E-state index contributed by atoms with van der Waals surface area (Å²) in [6.07, 6.45) is 4.67. The third kappa shape index (κ3) is 3.78. The van der Waals surface area contributed by atoms with Crippen molar-refractivity contribution in [3.8, 4) is 0 Å². The second-order valence-corrected chi connectivity index (χ2v) is 4.88. The van der Waals surface area contributed by atoms with E-state index in [1.165, 1.54) is 23.6 Å². The maximum Gasteiger partial charge on any atom is 0.327 e. The number of thioether (sulfide) groups is 1. The Morgan fingerprint density at radius 2 is 2.37 bits per heavy atom. The predicted molar refractivity (Wildman–Crippen MR) is 67.5 cm³/mol. The van der Waals surface area contributed by atoms with Crippen LogP contribution in [-0.2, 0) is 29.5 Å². The lowest BCUT2D eigenvalue weighted by Crippen LogP contribution is -2.13. The Morgan fingerprint density at radius 1 is 1.53 bits per heavy atom. The van der Waals surface area contributed by atoms with Gasteiger partial charge in [-0.25, -0.2) is 4.68 Å². The zero-order valence-electron chi connectivity index (χ0n) is 10.7. The van der Waals surface area contributed by atoms with Gasteiger partial charge in [0.25, 0.3) is 0 Å². The smallest absolute Gasteiger partial charge is 0.327 e. The van der Waals surface area contributed by atoms with Crippen molar-refractivity contribution in [3.05, 3.63) is 18.0 Å². The van der Waals surface area contributed by atoms with Gasteiger partial charge in [-0.05, 0) is 22.4 Å². The van der Waals surface area contributed by atoms with Crippen LogP contribution >= 0.6 is 11.8 Å². The van der Waals surface area contributed by atoms with Crippen molar-refractivity contribution >= 4 is 17.7 Å². The van der Waals surface area contributed by atoms with Gasteiger partial charge in [0.1, 0.15) is 6.54 Å². The largest absolute Gasteiger partial charge is 0.468 e. The van der Waals surface area contributed by atoms with Gasteiger partial charge in [0.05, 0.1) is 13.3 Å². The maximum atomic E-state index is 11.2. The van der Waals surface area contributed by atoms with Crippen molar-refractivity contribution in [3.63, 3.8) is 0 Å². The van der Waals surface area contributed by atoms with Crippen molar-refractivity contribution in [2.75, 3.05) is 12.9 Å². The quantitative estimate of drug-likeness (QED) is 0.540. The molecule has 0 unspecified atom stereocenters. The molecule has 0 bridgehead atoms. The van der Waals surface area contributed by atoms with Crippen molar-refractivity contribution < 1.29 is 9.53 Å². The molecule has 2 rings (SSSR count). The highest BCUT2D eigenvalue weighted by Gasteiger charge is 2.11. The Labute approximate surface area is 114 Å². The number of ether oxygens (including phenoxy) is 1. The first-order valence-electron chi connectivity index (χ1n) is 5.62. The van der Waals surface area contributed by atoms with Gasteiger partial charge in [0.15, 0.2) is 0 Å². The number of methoxy groups -OCH3 is 1. The number of aryl methyl sites for hydroxylation is 2. The summed E-state index contributed by atoms with van der Waals surface area (Å²) in [6, 6.07) is 0. The topological polar surface area (TPSA) is 87.7 Å². The first kappa shape index (κ1) is 13.5. The molecule has 2 aromatic heterocycles. The number of rotatable bonds is 6. The number of hydrogen-bond acceptors (Lipinski definition) is 7. The summed E-state index contributed by atoms with van der Waals surface area (Å²) >= 11 is 1.49. The van der Waals surface area contributed by atoms with E-state index in [1.54, 1.807) is 4.68 Å². The second-order valence-electron chi connectivity index (χ2n) is 3.82.